The van der Waals surface area contributed by atoms with Crippen LogP contribution in [0.5, 0.6) is 11.5 Å². The number of carbonyl (C=O) groups excluding carboxylic acids is 2. The van der Waals surface area contributed by atoms with Crippen molar-refractivity contribution < 1.29 is 23.5 Å². The number of hydrogen-bond donors (Lipinski definition) is 2. The van der Waals surface area contributed by atoms with Gasteiger partial charge in [-0.05, 0) is 36.4 Å². The number of ether oxygens (including phenoxy) is 2. The molecular weight excluding hydrogens is 391 g/mol. The van der Waals surface area contributed by atoms with Crippen LogP contribution in [0, 0.1) is 5.82 Å². The highest BCUT2D eigenvalue weighted by Gasteiger charge is 2.42. The number of likely N-dealkylation sites (tertiary alicyclic amines) is 1. The first-order valence-corrected chi connectivity index (χ1v) is 9.65. The summed E-state index contributed by atoms with van der Waals surface area (Å²) in [6.07, 6.45) is 0.996. The Morgan fingerprint density at radius 3 is 2.60 bits per heavy atom. The summed E-state index contributed by atoms with van der Waals surface area (Å²) in [7, 11) is 0. The fourth-order valence-electron chi connectivity index (χ4n) is 3.86. The van der Waals surface area contributed by atoms with Crippen LogP contribution in [0.15, 0.2) is 47.5 Å². The first-order chi connectivity index (χ1) is 14.5. The summed E-state index contributed by atoms with van der Waals surface area (Å²) < 4.78 is 23.8. The highest BCUT2D eigenvalue weighted by Crippen LogP contribution is 2.34. The lowest BCUT2D eigenvalue weighted by atomic mass is 9.98. The smallest absolute Gasteiger partial charge is 0.321 e. The van der Waals surface area contributed by atoms with Crippen LogP contribution in [0.2, 0.25) is 0 Å². The number of rotatable bonds is 2. The molecule has 2 aromatic rings. The summed E-state index contributed by atoms with van der Waals surface area (Å²) in [6.45, 7) is 1.06. The van der Waals surface area contributed by atoms with Gasteiger partial charge in [0.05, 0.1) is 0 Å². The molecule has 0 atom stereocenters. The standard InChI is InChI=1S/C21H19FN4O4/c22-14-3-1-13(2-4-14)18-19(27)25-21(24-18)7-9-26(10-8-21)20(28)23-15-5-6-16-17(11-15)30-12-29-16/h1-6,11H,7-10,12H2,(H,23,28)(H,25,27). The number of benzene rings is 2. The van der Waals surface area contributed by atoms with Gasteiger partial charge >= 0.3 is 6.03 Å². The number of aliphatic imine (C=N–C) groups is 1. The molecule has 2 aromatic carbocycles. The van der Waals surface area contributed by atoms with Gasteiger partial charge in [0.25, 0.3) is 5.91 Å². The van der Waals surface area contributed by atoms with Gasteiger partial charge in [0, 0.05) is 43.2 Å². The topological polar surface area (TPSA) is 92.3 Å². The van der Waals surface area contributed by atoms with Crippen LogP contribution in [-0.4, -0.2) is 48.1 Å². The number of piperidine rings is 1. The van der Waals surface area contributed by atoms with Gasteiger partial charge in [-0.1, -0.05) is 0 Å². The average Bonchev–Trinajstić information content (AvgIpc) is 3.33. The number of fused-ring (bicyclic) bond motifs is 1. The number of nitrogens with zero attached hydrogens (tertiary/aromatic N) is 2. The Balaban J connectivity index is 1.24. The quantitative estimate of drug-likeness (QED) is 0.796. The fraction of sp³-hybridized carbons (Fsp3) is 0.286. The van der Waals surface area contributed by atoms with Gasteiger partial charge in [0.15, 0.2) is 11.5 Å². The third-order valence-corrected chi connectivity index (χ3v) is 5.51. The number of halogens is 1. The first-order valence-electron chi connectivity index (χ1n) is 9.65. The minimum Gasteiger partial charge on any atom is -0.454 e. The molecule has 9 heteroatoms. The van der Waals surface area contributed by atoms with Gasteiger partial charge in [0.2, 0.25) is 6.79 Å². The van der Waals surface area contributed by atoms with Crippen LogP contribution in [-0.2, 0) is 4.79 Å². The zero-order chi connectivity index (χ0) is 20.7. The molecule has 0 unspecified atom stereocenters. The Kier molecular flexibility index (Phi) is 4.30. The Hall–Kier alpha value is -3.62. The van der Waals surface area contributed by atoms with Gasteiger partial charge in [-0.3, -0.25) is 9.79 Å². The largest absolute Gasteiger partial charge is 0.454 e. The van der Waals surface area contributed by atoms with E-state index in [2.05, 4.69) is 15.6 Å². The Bertz CT molecular complexity index is 1050. The van der Waals surface area contributed by atoms with Crippen LogP contribution in [0.25, 0.3) is 0 Å². The van der Waals surface area contributed by atoms with Gasteiger partial charge in [-0.25, -0.2) is 9.18 Å². The predicted molar refractivity (Wildman–Crippen MR) is 106 cm³/mol. The zero-order valence-corrected chi connectivity index (χ0v) is 16.0. The molecule has 8 nitrogen and oxygen atoms in total. The Labute approximate surface area is 171 Å². The van der Waals surface area contributed by atoms with Crippen molar-refractivity contribution in [3.8, 4) is 11.5 Å². The lowest BCUT2D eigenvalue weighted by Gasteiger charge is -2.37. The molecule has 3 heterocycles. The molecule has 1 saturated heterocycles. The zero-order valence-electron chi connectivity index (χ0n) is 16.0. The predicted octanol–water partition coefficient (Wildman–Crippen LogP) is 2.50. The SMILES string of the molecule is O=C1NC2(CCN(C(=O)Nc3ccc4c(c3)OCO4)CC2)N=C1c1ccc(F)cc1. The van der Waals surface area contributed by atoms with Crippen LogP contribution < -0.4 is 20.1 Å². The van der Waals surface area contributed by atoms with Gasteiger partial charge in [-0.2, -0.15) is 0 Å². The summed E-state index contributed by atoms with van der Waals surface area (Å²) in [5.74, 6) is 0.607. The van der Waals surface area contributed by atoms with E-state index in [9.17, 15) is 14.0 Å². The van der Waals surface area contributed by atoms with E-state index in [0.29, 0.717) is 54.4 Å². The second-order valence-electron chi connectivity index (χ2n) is 7.44. The van der Waals surface area contributed by atoms with Crippen molar-refractivity contribution in [3.05, 3.63) is 53.8 Å². The average molecular weight is 410 g/mol. The lowest BCUT2D eigenvalue weighted by Crippen LogP contribution is -2.53. The third-order valence-electron chi connectivity index (χ3n) is 5.51. The monoisotopic (exact) mass is 410 g/mol. The van der Waals surface area contributed by atoms with Crippen LogP contribution in [0.1, 0.15) is 18.4 Å². The molecule has 0 saturated carbocycles. The van der Waals surface area contributed by atoms with E-state index in [1.54, 1.807) is 35.2 Å². The number of nitrogens with one attached hydrogen (secondary N) is 2. The van der Waals surface area contributed by atoms with Crippen molar-refractivity contribution >= 4 is 23.3 Å². The molecule has 0 aromatic heterocycles. The summed E-state index contributed by atoms with van der Waals surface area (Å²) >= 11 is 0. The molecule has 3 aliphatic heterocycles. The molecule has 0 aliphatic carbocycles. The van der Waals surface area contributed by atoms with Crippen LogP contribution >= 0.6 is 0 Å². The van der Waals surface area contributed by atoms with Crippen molar-refractivity contribution in [2.75, 3.05) is 25.2 Å². The minimum atomic E-state index is -0.726. The van der Waals surface area contributed by atoms with E-state index in [4.69, 9.17) is 9.47 Å². The normalized spacial score (nSPS) is 18.9. The van der Waals surface area contributed by atoms with Crippen LogP contribution in [0.4, 0.5) is 14.9 Å². The van der Waals surface area contributed by atoms with Crippen molar-refractivity contribution in [2.24, 2.45) is 4.99 Å². The summed E-state index contributed by atoms with van der Waals surface area (Å²) in [4.78, 5) is 31.4. The first kappa shape index (κ1) is 18.4. The summed E-state index contributed by atoms with van der Waals surface area (Å²) in [5, 5.41) is 5.81. The van der Waals surface area contributed by atoms with Gasteiger partial charge in [0.1, 0.15) is 17.2 Å². The maximum atomic E-state index is 13.2. The van der Waals surface area contributed by atoms with Crippen molar-refractivity contribution in [1.29, 1.82) is 0 Å². The van der Waals surface area contributed by atoms with E-state index in [1.807, 2.05) is 0 Å². The molecule has 30 heavy (non-hydrogen) atoms. The maximum Gasteiger partial charge on any atom is 0.321 e. The van der Waals surface area contributed by atoms with Gasteiger partial charge < -0.3 is 25.0 Å². The number of amides is 3. The van der Waals surface area contributed by atoms with Crippen molar-refractivity contribution in [1.82, 2.24) is 10.2 Å². The van der Waals surface area contributed by atoms with E-state index < -0.39 is 5.66 Å². The number of anilines is 1. The minimum absolute atomic E-state index is 0.174. The maximum absolute atomic E-state index is 13.2. The summed E-state index contributed by atoms with van der Waals surface area (Å²) in [5.41, 5.74) is 0.772. The van der Waals surface area contributed by atoms with E-state index in [-0.39, 0.29) is 24.5 Å². The van der Waals surface area contributed by atoms with E-state index in [0.717, 1.165) is 0 Å². The fourth-order valence-corrected chi connectivity index (χ4v) is 3.86. The molecular formula is C21H19FN4O4. The number of hydrogen-bond acceptors (Lipinski definition) is 5. The second kappa shape index (κ2) is 7.01. The molecule has 5 rings (SSSR count). The molecule has 1 fully saturated rings. The number of carbonyl (C=O) groups is 2. The van der Waals surface area contributed by atoms with Gasteiger partial charge in [-0.15, -0.1) is 0 Å². The van der Waals surface area contributed by atoms with Crippen molar-refractivity contribution in [3.63, 3.8) is 0 Å². The van der Waals surface area contributed by atoms with E-state index >= 15 is 0 Å². The van der Waals surface area contributed by atoms with Crippen LogP contribution in [0.3, 0.4) is 0 Å². The second-order valence-corrected chi connectivity index (χ2v) is 7.44. The third kappa shape index (κ3) is 3.32. The molecule has 2 N–H and O–H groups in total. The lowest BCUT2D eigenvalue weighted by molar-refractivity contribution is -0.115. The van der Waals surface area contributed by atoms with E-state index in [1.165, 1.54) is 12.1 Å². The molecule has 1 spiro atoms. The van der Waals surface area contributed by atoms with Crippen molar-refractivity contribution in [2.45, 2.75) is 18.5 Å². The summed E-state index contributed by atoms with van der Waals surface area (Å²) in [6, 6.07) is 10.7. The molecule has 3 amide bonds. The molecule has 154 valence electrons. The molecule has 0 bridgehead atoms. The molecule has 0 radical (unpaired) electrons. The molecule has 3 aliphatic rings. The Morgan fingerprint density at radius 2 is 1.83 bits per heavy atom. The highest BCUT2D eigenvalue weighted by atomic mass is 19.1. The Morgan fingerprint density at radius 1 is 1.10 bits per heavy atom. The highest BCUT2D eigenvalue weighted by molar-refractivity contribution is 6.46. The number of urea groups is 1.